The lowest BCUT2D eigenvalue weighted by atomic mass is 10.2. The van der Waals surface area contributed by atoms with E-state index in [9.17, 15) is 8.42 Å². The lowest BCUT2D eigenvalue weighted by Gasteiger charge is -2.23. The summed E-state index contributed by atoms with van der Waals surface area (Å²) in [7, 11) is 0.153. The minimum absolute atomic E-state index is 0.0742. The van der Waals surface area contributed by atoms with Gasteiger partial charge < -0.3 is 9.88 Å². The van der Waals surface area contributed by atoms with Crippen molar-refractivity contribution < 1.29 is 8.42 Å². The lowest BCUT2D eigenvalue weighted by Crippen LogP contribution is -2.36. The van der Waals surface area contributed by atoms with Crippen LogP contribution in [-0.4, -0.2) is 37.4 Å². The smallest absolute Gasteiger partial charge is 0.244 e. The van der Waals surface area contributed by atoms with Crippen molar-refractivity contribution in [1.29, 1.82) is 0 Å². The van der Waals surface area contributed by atoms with Crippen molar-refractivity contribution in [2.75, 3.05) is 14.1 Å². The number of rotatable bonds is 7. The van der Waals surface area contributed by atoms with Crippen LogP contribution in [0.5, 0.6) is 0 Å². The SMILES string of the molecule is CNCc1cc(S(=O)(=O)N(C)C(C)C2CC2)cn1C(C)C. The molecule has 1 atom stereocenters. The molecule has 1 aliphatic carbocycles. The molecule has 2 rings (SSSR count). The molecule has 0 spiro atoms. The van der Waals surface area contributed by atoms with Gasteiger partial charge in [-0.15, -0.1) is 0 Å². The first-order valence-electron chi connectivity index (χ1n) is 7.62. The maximum atomic E-state index is 12.8. The van der Waals surface area contributed by atoms with Crippen LogP contribution >= 0.6 is 0 Å². The molecule has 1 heterocycles. The number of aromatic nitrogens is 1. The second-order valence-corrected chi connectivity index (χ2v) is 8.30. The Bertz CT molecular complexity index is 588. The molecule has 5 nitrogen and oxygen atoms in total. The Morgan fingerprint density at radius 3 is 2.48 bits per heavy atom. The average molecular weight is 313 g/mol. The molecule has 1 aliphatic rings. The predicted octanol–water partition coefficient (Wildman–Crippen LogP) is 2.21. The average Bonchev–Trinajstić information content (AvgIpc) is 3.17. The van der Waals surface area contributed by atoms with Gasteiger partial charge in [0.1, 0.15) is 4.90 Å². The molecule has 0 aromatic carbocycles. The number of hydrogen-bond donors (Lipinski definition) is 1. The molecule has 1 aromatic rings. The highest BCUT2D eigenvalue weighted by atomic mass is 32.2. The number of hydrogen-bond acceptors (Lipinski definition) is 3. The minimum atomic E-state index is -3.41. The van der Waals surface area contributed by atoms with Gasteiger partial charge in [-0.3, -0.25) is 0 Å². The minimum Gasteiger partial charge on any atom is -0.346 e. The van der Waals surface area contributed by atoms with E-state index in [1.807, 2.05) is 18.5 Å². The monoisotopic (exact) mass is 313 g/mol. The largest absolute Gasteiger partial charge is 0.346 e. The molecule has 0 aliphatic heterocycles. The van der Waals surface area contributed by atoms with E-state index in [-0.39, 0.29) is 12.1 Å². The Kier molecular flexibility index (Phi) is 4.80. The topological polar surface area (TPSA) is 54.3 Å². The summed E-state index contributed by atoms with van der Waals surface area (Å²) < 4.78 is 29.1. The molecule has 1 unspecified atom stereocenters. The van der Waals surface area contributed by atoms with Crippen molar-refractivity contribution in [3.8, 4) is 0 Å². The van der Waals surface area contributed by atoms with Gasteiger partial charge in [-0.05, 0) is 52.6 Å². The van der Waals surface area contributed by atoms with Crippen LogP contribution < -0.4 is 5.32 Å². The van der Waals surface area contributed by atoms with Gasteiger partial charge in [0, 0.05) is 37.6 Å². The van der Waals surface area contributed by atoms with Crippen molar-refractivity contribution in [3.63, 3.8) is 0 Å². The summed E-state index contributed by atoms with van der Waals surface area (Å²) in [6, 6.07) is 2.11. The number of nitrogens with one attached hydrogen (secondary N) is 1. The summed E-state index contributed by atoms with van der Waals surface area (Å²) in [6.07, 6.45) is 4.04. The molecular formula is C15H27N3O2S. The fraction of sp³-hybridized carbons (Fsp3) is 0.733. The standard InChI is InChI=1S/C15H27N3O2S/c1-11(2)18-10-15(8-14(18)9-16-4)21(19,20)17(5)12(3)13-6-7-13/h8,10-13,16H,6-7,9H2,1-5H3. The van der Waals surface area contributed by atoms with E-state index in [2.05, 4.69) is 19.2 Å². The summed E-state index contributed by atoms with van der Waals surface area (Å²) >= 11 is 0. The van der Waals surface area contributed by atoms with Crippen LogP contribution in [0.15, 0.2) is 17.2 Å². The van der Waals surface area contributed by atoms with E-state index in [1.54, 1.807) is 19.3 Å². The van der Waals surface area contributed by atoms with Crippen molar-refractivity contribution in [2.24, 2.45) is 5.92 Å². The van der Waals surface area contributed by atoms with Crippen molar-refractivity contribution in [2.45, 2.75) is 57.1 Å². The van der Waals surface area contributed by atoms with E-state index in [1.165, 1.54) is 4.31 Å². The first kappa shape index (κ1) is 16.5. The third-order valence-corrected chi connectivity index (χ3v) is 6.29. The van der Waals surface area contributed by atoms with Crippen LogP contribution in [0.25, 0.3) is 0 Å². The van der Waals surface area contributed by atoms with Crippen LogP contribution in [0.4, 0.5) is 0 Å². The fourth-order valence-corrected chi connectivity index (χ4v) is 4.18. The predicted molar refractivity (Wildman–Crippen MR) is 84.7 cm³/mol. The molecule has 6 heteroatoms. The lowest BCUT2D eigenvalue weighted by molar-refractivity contribution is 0.357. The zero-order valence-corrected chi connectivity index (χ0v) is 14.4. The van der Waals surface area contributed by atoms with Gasteiger partial charge in [-0.25, -0.2) is 8.42 Å². The van der Waals surface area contributed by atoms with Crippen molar-refractivity contribution >= 4 is 10.0 Å². The second-order valence-electron chi connectivity index (χ2n) is 6.30. The summed E-state index contributed by atoms with van der Waals surface area (Å²) in [4.78, 5) is 0.399. The van der Waals surface area contributed by atoms with Crippen LogP contribution in [0.1, 0.15) is 45.3 Å². The molecule has 1 fully saturated rings. The Morgan fingerprint density at radius 1 is 1.38 bits per heavy atom. The van der Waals surface area contributed by atoms with Gasteiger partial charge in [0.15, 0.2) is 0 Å². The van der Waals surface area contributed by atoms with E-state index in [0.29, 0.717) is 17.4 Å². The van der Waals surface area contributed by atoms with Gasteiger partial charge >= 0.3 is 0 Å². The number of sulfonamides is 1. The number of nitrogens with zero attached hydrogens (tertiary/aromatic N) is 2. The van der Waals surface area contributed by atoms with Crippen LogP contribution in [0.3, 0.4) is 0 Å². The van der Waals surface area contributed by atoms with E-state index >= 15 is 0 Å². The van der Waals surface area contributed by atoms with Gasteiger partial charge in [-0.1, -0.05) is 0 Å². The molecule has 0 radical (unpaired) electrons. The van der Waals surface area contributed by atoms with E-state index < -0.39 is 10.0 Å². The van der Waals surface area contributed by atoms with Crippen molar-refractivity contribution in [1.82, 2.24) is 14.2 Å². The normalized spacial score (nSPS) is 17.7. The van der Waals surface area contributed by atoms with Gasteiger partial charge in [0.2, 0.25) is 10.0 Å². The Labute approximate surface area is 128 Å². The highest BCUT2D eigenvalue weighted by molar-refractivity contribution is 7.89. The molecule has 1 aromatic heterocycles. The van der Waals surface area contributed by atoms with E-state index in [0.717, 1.165) is 18.5 Å². The maximum absolute atomic E-state index is 12.8. The zero-order chi connectivity index (χ0) is 15.8. The molecule has 0 saturated heterocycles. The highest BCUT2D eigenvalue weighted by Gasteiger charge is 2.36. The Hall–Kier alpha value is -0.850. The second kappa shape index (κ2) is 6.10. The van der Waals surface area contributed by atoms with Gasteiger partial charge in [-0.2, -0.15) is 4.31 Å². The molecule has 1 saturated carbocycles. The summed E-state index contributed by atoms with van der Waals surface area (Å²) in [5.41, 5.74) is 0.999. The summed E-state index contributed by atoms with van der Waals surface area (Å²) in [6.45, 7) is 6.79. The van der Waals surface area contributed by atoms with Crippen molar-refractivity contribution in [3.05, 3.63) is 18.0 Å². The van der Waals surface area contributed by atoms with Crippen LogP contribution in [0, 0.1) is 5.92 Å². The molecule has 21 heavy (non-hydrogen) atoms. The summed E-state index contributed by atoms with van der Waals surface area (Å²) in [5, 5.41) is 3.10. The van der Waals surface area contributed by atoms with Gasteiger partial charge in [0.05, 0.1) is 0 Å². The molecule has 120 valence electrons. The molecular weight excluding hydrogens is 286 g/mol. The van der Waals surface area contributed by atoms with Crippen LogP contribution in [0.2, 0.25) is 0 Å². The first-order chi connectivity index (χ1) is 9.78. The molecule has 0 amide bonds. The van der Waals surface area contributed by atoms with Crippen LogP contribution in [-0.2, 0) is 16.6 Å². The summed E-state index contributed by atoms with van der Waals surface area (Å²) in [5.74, 6) is 0.522. The maximum Gasteiger partial charge on any atom is 0.244 e. The quantitative estimate of drug-likeness (QED) is 0.839. The zero-order valence-electron chi connectivity index (χ0n) is 13.6. The third-order valence-electron chi connectivity index (χ3n) is 4.38. The Morgan fingerprint density at radius 2 is 2.00 bits per heavy atom. The highest BCUT2D eigenvalue weighted by Crippen LogP contribution is 2.36. The fourth-order valence-electron chi connectivity index (χ4n) is 2.70. The van der Waals surface area contributed by atoms with Gasteiger partial charge in [0.25, 0.3) is 0 Å². The third kappa shape index (κ3) is 3.33. The molecule has 1 N–H and O–H groups in total. The first-order valence-corrected chi connectivity index (χ1v) is 9.06. The Balaban J connectivity index is 2.32. The molecule has 0 bridgehead atoms. The van der Waals surface area contributed by atoms with E-state index in [4.69, 9.17) is 0 Å².